The highest BCUT2D eigenvalue weighted by molar-refractivity contribution is 9.09. The van der Waals surface area contributed by atoms with Crippen molar-refractivity contribution in [1.82, 2.24) is 29.1 Å². The highest BCUT2D eigenvalue weighted by Crippen LogP contribution is 2.15. The molecule has 0 N–H and O–H groups in total. The van der Waals surface area contributed by atoms with Gasteiger partial charge in [0.15, 0.2) is 28.7 Å². The second kappa shape index (κ2) is 8.20. The van der Waals surface area contributed by atoms with Crippen LogP contribution in [0.15, 0.2) is 24.5 Å². The van der Waals surface area contributed by atoms with Crippen molar-refractivity contribution >= 4 is 49.8 Å². The van der Waals surface area contributed by atoms with Crippen LogP contribution in [-0.2, 0) is 14.1 Å². The van der Waals surface area contributed by atoms with Crippen molar-refractivity contribution in [2.24, 2.45) is 14.1 Å². The molecule has 0 saturated heterocycles. The predicted molar refractivity (Wildman–Crippen MR) is 115 cm³/mol. The summed E-state index contributed by atoms with van der Waals surface area (Å²) < 4.78 is 3.44. The highest BCUT2D eigenvalue weighted by atomic mass is 79.9. The molecule has 8 nitrogen and oxygen atoms in total. The molecule has 4 aromatic rings. The van der Waals surface area contributed by atoms with Crippen LogP contribution in [0.4, 0.5) is 0 Å². The minimum Gasteiger partial charge on any atom is -0.309 e. The molecule has 0 bridgehead atoms. The molecule has 9 heteroatoms. The standard InChI is InChI=1S/C10H10BrN3O.C10H11N3O/c1-6-3-7-9(12-5-6)14(2)10(13-7)8(15)4-11;1-6-4-8-10(11-5-6)13(3)9(12-8)7(2)14/h3,5H,4H2,1-2H3;4-5H,1-3H3. The molecule has 0 amide bonds. The van der Waals surface area contributed by atoms with E-state index in [0.29, 0.717) is 11.6 Å². The summed E-state index contributed by atoms with van der Waals surface area (Å²) in [5.74, 6) is 0.828. The second-order valence-electron chi connectivity index (χ2n) is 6.81. The molecule has 0 radical (unpaired) electrons. The van der Waals surface area contributed by atoms with Gasteiger partial charge < -0.3 is 9.13 Å². The van der Waals surface area contributed by atoms with E-state index in [-0.39, 0.29) is 16.9 Å². The molecule has 0 saturated carbocycles. The van der Waals surface area contributed by atoms with Gasteiger partial charge in [-0.2, -0.15) is 0 Å². The van der Waals surface area contributed by atoms with Crippen LogP contribution in [0.2, 0.25) is 0 Å². The highest BCUT2D eigenvalue weighted by Gasteiger charge is 2.14. The molecular weight excluding hydrogens is 436 g/mol. The normalized spacial score (nSPS) is 10.8. The Morgan fingerprint density at radius 2 is 1.34 bits per heavy atom. The molecule has 0 aliphatic heterocycles. The minimum atomic E-state index is -0.0387. The smallest absolute Gasteiger partial charge is 0.208 e. The summed E-state index contributed by atoms with van der Waals surface area (Å²) >= 11 is 3.13. The van der Waals surface area contributed by atoms with E-state index in [4.69, 9.17) is 0 Å². The first-order valence-electron chi connectivity index (χ1n) is 8.91. The fraction of sp³-hybridized carbons (Fsp3) is 0.300. The molecule has 0 aliphatic rings. The number of aryl methyl sites for hydroxylation is 4. The topological polar surface area (TPSA) is 95.6 Å². The average Bonchev–Trinajstić information content (AvgIpc) is 3.18. The Bertz CT molecular complexity index is 1240. The van der Waals surface area contributed by atoms with E-state index in [9.17, 15) is 9.59 Å². The molecule has 0 atom stereocenters. The summed E-state index contributed by atoms with van der Waals surface area (Å²) in [5.41, 5.74) is 5.12. The lowest BCUT2D eigenvalue weighted by Gasteiger charge is -1.97. The lowest BCUT2D eigenvalue weighted by atomic mass is 10.3. The van der Waals surface area contributed by atoms with E-state index < -0.39 is 0 Å². The number of pyridine rings is 2. The summed E-state index contributed by atoms with van der Waals surface area (Å²) in [6.07, 6.45) is 3.54. The molecule has 4 heterocycles. The average molecular weight is 457 g/mol. The van der Waals surface area contributed by atoms with Gasteiger partial charge in [-0.25, -0.2) is 19.9 Å². The molecule has 150 valence electrons. The van der Waals surface area contributed by atoms with Gasteiger partial charge >= 0.3 is 0 Å². The number of nitrogens with zero attached hydrogens (tertiary/aromatic N) is 6. The fourth-order valence-corrected chi connectivity index (χ4v) is 3.23. The Morgan fingerprint density at radius 1 is 0.897 bits per heavy atom. The van der Waals surface area contributed by atoms with Gasteiger partial charge in [0.2, 0.25) is 5.78 Å². The SMILES string of the molecule is CC(=O)c1nc2cc(C)cnc2n1C.Cc1cnc2c(c1)nc(C(=O)CBr)n2C. The van der Waals surface area contributed by atoms with E-state index in [1.807, 2.05) is 26.0 Å². The minimum absolute atomic E-state index is 0.0341. The number of rotatable bonds is 3. The van der Waals surface area contributed by atoms with E-state index >= 15 is 0 Å². The molecular formula is C20H21BrN6O2. The van der Waals surface area contributed by atoms with Crippen LogP contribution >= 0.6 is 15.9 Å². The molecule has 0 unspecified atom stereocenters. The molecule has 0 aromatic carbocycles. The Kier molecular flexibility index (Phi) is 5.88. The lowest BCUT2D eigenvalue weighted by molar-refractivity contribution is 0.0995. The van der Waals surface area contributed by atoms with Crippen molar-refractivity contribution in [3.8, 4) is 0 Å². The maximum absolute atomic E-state index is 11.5. The summed E-state index contributed by atoms with van der Waals surface area (Å²) in [4.78, 5) is 39.7. The summed E-state index contributed by atoms with van der Waals surface area (Å²) in [6, 6.07) is 3.85. The van der Waals surface area contributed by atoms with Gasteiger partial charge in [0.25, 0.3) is 0 Å². The molecule has 0 fully saturated rings. The van der Waals surface area contributed by atoms with Crippen LogP contribution in [-0.4, -0.2) is 46.0 Å². The van der Waals surface area contributed by atoms with Gasteiger partial charge in [-0.1, -0.05) is 15.9 Å². The predicted octanol–water partition coefficient (Wildman–Crippen LogP) is 3.33. The van der Waals surface area contributed by atoms with Gasteiger partial charge in [-0.3, -0.25) is 9.59 Å². The monoisotopic (exact) mass is 456 g/mol. The van der Waals surface area contributed by atoms with Gasteiger partial charge in [-0.15, -0.1) is 0 Å². The van der Waals surface area contributed by atoms with Crippen molar-refractivity contribution in [1.29, 1.82) is 0 Å². The van der Waals surface area contributed by atoms with E-state index in [2.05, 4.69) is 35.9 Å². The summed E-state index contributed by atoms with van der Waals surface area (Å²) in [5, 5.41) is 0.281. The zero-order valence-corrected chi connectivity index (χ0v) is 18.5. The number of halogens is 1. The third-order valence-corrected chi connectivity index (χ3v) is 4.89. The van der Waals surface area contributed by atoms with Gasteiger partial charge in [0, 0.05) is 33.4 Å². The molecule has 4 rings (SSSR count). The van der Waals surface area contributed by atoms with Crippen LogP contribution in [0.3, 0.4) is 0 Å². The number of hydrogen-bond acceptors (Lipinski definition) is 6. The van der Waals surface area contributed by atoms with Gasteiger partial charge in [0.1, 0.15) is 11.0 Å². The van der Waals surface area contributed by atoms with Crippen LogP contribution in [0.5, 0.6) is 0 Å². The number of imidazole rings is 2. The third kappa shape index (κ3) is 4.09. The second-order valence-corrected chi connectivity index (χ2v) is 7.37. The molecule has 29 heavy (non-hydrogen) atoms. The zero-order valence-electron chi connectivity index (χ0n) is 16.9. The molecule has 4 aromatic heterocycles. The van der Waals surface area contributed by atoms with Crippen molar-refractivity contribution in [2.75, 3.05) is 5.33 Å². The maximum Gasteiger partial charge on any atom is 0.208 e. The number of ketones is 2. The quantitative estimate of drug-likeness (QED) is 0.346. The van der Waals surface area contributed by atoms with E-state index in [1.165, 1.54) is 6.92 Å². The van der Waals surface area contributed by atoms with Crippen molar-refractivity contribution in [3.63, 3.8) is 0 Å². The van der Waals surface area contributed by atoms with Crippen LogP contribution in [0, 0.1) is 13.8 Å². The number of carbonyl (C=O) groups excluding carboxylic acids is 2. The molecule has 0 spiro atoms. The number of alkyl halides is 1. The zero-order chi connectivity index (χ0) is 21.3. The Balaban J connectivity index is 0.000000166. The van der Waals surface area contributed by atoms with Crippen molar-refractivity contribution in [2.45, 2.75) is 20.8 Å². The van der Waals surface area contributed by atoms with Crippen LogP contribution in [0.1, 0.15) is 39.3 Å². The summed E-state index contributed by atoms with van der Waals surface area (Å²) in [6.45, 7) is 5.41. The Labute approximate surface area is 176 Å². The van der Waals surface area contributed by atoms with Crippen LogP contribution < -0.4 is 0 Å². The first-order valence-corrected chi connectivity index (χ1v) is 10.0. The molecule has 0 aliphatic carbocycles. The van der Waals surface area contributed by atoms with Gasteiger partial charge in [0.05, 0.1) is 5.33 Å². The number of fused-ring (bicyclic) bond motifs is 2. The summed E-state index contributed by atoms with van der Waals surface area (Å²) in [7, 11) is 3.60. The Hall–Kier alpha value is -2.94. The number of Topliss-reactive ketones (excluding diaryl/α,β-unsaturated/α-hetero) is 2. The van der Waals surface area contributed by atoms with E-state index in [1.54, 1.807) is 35.6 Å². The number of hydrogen-bond donors (Lipinski definition) is 0. The number of carbonyl (C=O) groups is 2. The van der Waals surface area contributed by atoms with Crippen molar-refractivity contribution < 1.29 is 9.59 Å². The first-order chi connectivity index (χ1) is 13.7. The van der Waals surface area contributed by atoms with E-state index in [0.717, 1.165) is 33.5 Å². The Morgan fingerprint density at radius 3 is 1.79 bits per heavy atom. The van der Waals surface area contributed by atoms with Crippen LogP contribution in [0.25, 0.3) is 22.3 Å². The number of aromatic nitrogens is 6. The fourth-order valence-electron chi connectivity index (χ4n) is 2.98. The van der Waals surface area contributed by atoms with Gasteiger partial charge in [-0.05, 0) is 37.1 Å². The lowest BCUT2D eigenvalue weighted by Crippen LogP contribution is -2.08. The third-order valence-electron chi connectivity index (χ3n) is 4.38. The van der Waals surface area contributed by atoms with Crippen molar-refractivity contribution in [3.05, 3.63) is 47.3 Å². The first kappa shape index (κ1) is 20.8. The maximum atomic E-state index is 11.5. The largest absolute Gasteiger partial charge is 0.309 e.